The fraction of sp³-hybridized carbons (Fsp3) is 0.571. The number of benzene rings is 1. The lowest BCUT2D eigenvalue weighted by Crippen LogP contribution is -2.50. The molecule has 1 aromatic carbocycles. The van der Waals surface area contributed by atoms with E-state index >= 15 is 0 Å². The minimum Gasteiger partial charge on any atom is -0.379 e. The van der Waals surface area contributed by atoms with E-state index in [1.807, 2.05) is 18.2 Å². The highest BCUT2D eigenvalue weighted by Crippen LogP contribution is 2.27. The third kappa shape index (κ3) is 3.06. The predicted octanol–water partition coefficient (Wildman–Crippen LogP) is 2.40. The van der Waals surface area contributed by atoms with Crippen LogP contribution in [-0.4, -0.2) is 32.0 Å². The van der Waals surface area contributed by atoms with Crippen LogP contribution in [0.2, 0.25) is 0 Å². The first-order chi connectivity index (χ1) is 8.24. The molecule has 0 spiro atoms. The Bertz CT molecular complexity index is 339. The smallest absolute Gasteiger partial charge is 0.110 e. The van der Waals surface area contributed by atoms with Gasteiger partial charge in [-0.15, -0.1) is 0 Å². The van der Waals surface area contributed by atoms with E-state index in [9.17, 15) is 0 Å². The van der Waals surface area contributed by atoms with E-state index in [2.05, 4.69) is 19.1 Å². The highest BCUT2D eigenvalue weighted by atomic mass is 16.6. The molecule has 1 fully saturated rings. The third-order valence-corrected chi connectivity index (χ3v) is 3.45. The van der Waals surface area contributed by atoms with E-state index < -0.39 is 0 Å². The minimum absolute atomic E-state index is 0.00135. The number of rotatable bonds is 4. The van der Waals surface area contributed by atoms with E-state index in [-0.39, 0.29) is 11.7 Å². The summed E-state index contributed by atoms with van der Waals surface area (Å²) in [6.45, 7) is 4.05. The highest BCUT2D eigenvalue weighted by Gasteiger charge is 2.38. The van der Waals surface area contributed by atoms with Crippen LogP contribution in [0.3, 0.4) is 0 Å². The molecule has 17 heavy (non-hydrogen) atoms. The summed E-state index contributed by atoms with van der Waals surface area (Å²) in [6, 6.07) is 10.2. The molecule has 0 aliphatic carbocycles. The molecule has 2 rings (SSSR count). The Hall–Kier alpha value is -0.900. The number of methoxy groups -OCH3 is 1. The Morgan fingerprint density at radius 1 is 1.35 bits per heavy atom. The molecule has 1 heterocycles. The van der Waals surface area contributed by atoms with Crippen LogP contribution in [0, 0.1) is 0 Å². The highest BCUT2D eigenvalue weighted by molar-refractivity contribution is 5.13. The first kappa shape index (κ1) is 12.6. The van der Waals surface area contributed by atoms with Crippen LogP contribution in [0.5, 0.6) is 0 Å². The van der Waals surface area contributed by atoms with Crippen molar-refractivity contribution in [3.63, 3.8) is 0 Å². The van der Waals surface area contributed by atoms with E-state index in [4.69, 9.17) is 14.2 Å². The lowest BCUT2D eigenvalue weighted by atomic mass is 9.93. The van der Waals surface area contributed by atoms with Crippen molar-refractivity contribution < 1.29 is 14.2 Å². The summed E-state index contributed by atoms with van der Waals surface area (Å²) in [7, 11) is 1.74. The van der Waals surface area contributed by atoms with Gasteiger partial charge in [-0.3, -0.25) is 0 Å². The largest absolute Gasteiger partial charge is 0.379 e. The van der Waals surface area contributed by atoms with Crippen LogP contribution in [0.1, 0.15) is 18.9 Å². The van der Waals surface area contributed by atoms with E-state index in [0.29, 0.717) is 13.2 Å². The summed E-state index contributed by atoms with van der Waals surface area (Å²) in [5.41, 5.74) is 0.948. The molecule has 3 heteroatoms. The maximum atomic E-state index is 5.93. The maximum absolute atomic E-state index is 5.93. The van der Waals surface area contributed by atoms with Gasteiger partial charge in [0.05, 0.1) is 18.8 Å². The van der Waals surface area contributed by atoms with Crippen molar-refractivity contribution in [3.05, 3.63) is 35.9 Å². The van der Waals surface area contributed by atoms with E-state index in [1.54, 1.807) is 7.11 Å². The Kier molecular flexibility index (Phi) is 4.15. The van der Waals surface area contributed by atoms with E-state index in [0.717, 1.165) is 13.0 Å². The molecular formula is C14H20O3. The number of hydrogen-bond acceptors (Lipinski definition) is 3. The van der Waals surface area contributed by atoms with Crippen molar-refractivity contribution in [1.29, 1.82) is 0 Å². The van der Waals surface area contributed by atoms with Gasteiger partial charge < -0.3 is 14.2 Å². The first-order valence-electron chi connectivity index (χ1n) is 6.03. The summed E-state index contributed by atoms with van der Waals surface area (Å²) in [5, 5.41) is 0. The van der Waals surface area contributed by atoms with Crippen molar-refractivity contribution >= 4 is 0 Å². The Morgan fingerprint density at radius 2 is 2.12 bits per heavy atom. The van der Waals surface area contributed by atoms with Gasteiger partial charge in [-0.25, -0.2) is 0 Å². The molecule has 2 atom stereocenters. The van der Waals surface area contributed by atoms with Crippen LogP contribution in [-0.2, 0) is 20.8 Å². The molecule has 1 unspecified atom stereocenters. The van der Waals surface area contributed by atoms with Crippen molar-refractivity contribution in [2.24, 2.45) is 0 Å². The minimum atomic E-state index is -0.229. The molecule has 3 nitrogen and oxygen atoms in total. The van der Waals surface area contributed by atoms with Crippen LogP contribution in [0.4, 0.5) is 0 Å². The summed E-state index contributed by atoms with van der Waals surface area (Å²) in [4.78, 5) is 0. The topological polar surface area (TPSA) is 27.7 Å². The molecule has 1 aliphatic heterocycles. The first-order valence-corrected chi connectivity index (χ1v) is 6.03. The molecule has 0 amide bonds. The van der Waals surface area contributed by atoms with Gasteiger partial charge in [0.15, 0.2) is 0 Å². The van der Waals surface area contributed by atoms with Crippen molar-refractivity contribution in [3.8, 4) is 0 Å². The van der Waals surface area contributed by atoms with Crippen LogP contribution >= 0.6 is 0 Å². The van der Waals surface area contributed by atoms with Gasteiger partial charge in [0.25, 0.3) is 0 Å². The molecule has 0 aromatic heterocycles. The number of hydrogen-bond donors (Lipinski definition) is 0. The molecule has 94 valence electrons. The second-order valence-corrected chi connectivity index (χ2v) is 4.63. The van der Waals surface area contributed by atoms with Gasteiger partial charge in [0, 0.05) is 20.1 Å². The SMILES string of the molecule is COC1(C)CCOC[C@@H]1OCc1ccccc1. The summed E-state index contributed by atoms with van der Waals surface area (Å²) in [5.74, 6) is 0. The van der Waals surface area contributed by atoms with E-state index in [1.165, 1.54) is 5.56 Å². The number of ether oxygens (including phenoxy) is 3. The van der Waals surface area contributed by atoms with Gasteiger partial charge in [-0.2, -0.15) is 0 Å². The predicted molar refractivity (Wildman–Crippen MR) is 65.9 cm³/mol. The van der Waals surface area contributed by atoms with Crippen LogP contribution in [0.25, 0.3) is 0 Å². The molecule has 0 saturated carbocycles. The molecule has 1 aliphatic rings. The zero-order valence-electron chi connectivity index (χ0n) is 10.5. The van der Waals surface area contributed by atoms with Gasteiger partial charge in [-0.05, 0) is 12.5 Å². The summed E-state index contributed by atoms with van der Waals surface area (Å²) >= 11 is 0. The fourth-order valence-corrected chi connectivity index (χ4v) is 2.03. The summed E-state index contributed by atoms with van der Waals surface area (Å²) < 4.78 is 17.0. The zero-order valence-corrected chi connectivity index (χ0v) is 10.5. The lowest BCUT2D eigenvalue weighted by molar-refractivity contribution is -0.185. The average molecular weight is 236 g/mol. The van der Waals surface area contributed by atoms with Gasteiger partial charge in [-0.1, -0.05) is 30.3 Å². The Morgan fingerprint density at radius 3 is 2.82 bits per heavy atom. The molecule has 0 N–H and O–H groups in total. The molecular weight excluding hydrogens is 216 g/mol. The molecule has 0 bridgehead atoms. The second kappa shape index (κ2) is 5.63. The normalized spacial score (nSPS) is 29.2. The second-order valence-electron chi connectivity index (χ2n) is 4.63. The van der Waals surface area contributed by atoms with Gasteiger partial charge in [0.2, 0.25) is 0 Å². The van der Waals surface area contributed by atoms with Crippen LogP contribution < -0.4 is 0 Å². The Labute approximate surface area is 103 Å². The van der Waals surface area contributed by atoms with Gasteiger partial charge in [0.1, 0.15) is 6.10 Å². The quantitative estimate of drug-likeness (QED) is 0.803. The molecule has 0 radical (unpaired) electrons. The monoisotopic (exact) mass is 236 g/mol. The van der Waals surface area contributed by atoms with Gasteiger partial charge >= 0.3 is 0 Å². The molecule has 1 saturated heterocycles. The Balaban J connectivity index is 1.93. The molecule has 1 aromatic rings. The zero-order chi connectivity index (χ0) is 12.1. The standard InChI is InChI=1S/C14H20O3/c1-14(15-2)8-9-16-11-13(14)17-10-12-6-4-3-5-7-12/h3-7,13H,8-11H2,1-2H3/t13-,14?/m0/s1. The van der Waals surface area contributed by atoms with Crippen molar-refractivity contribution in [1.82, 2.24) is 0 Å². The lowest BCUT2D eigenvalue weighted by Gasteiger charge is -2.39. The van der Waals surface area contributed by atoms with Crippen LogP contribution in [0.15, 0.2) is 30.3 Å². The summed E-state index contributed by atoms with van der Waals surface area (Å²) in [6.07, 6.45) is 0.879. The third-order valence-electron chi connectivity index (χ3n) is 3.45. The average Bonchev–Trinajstić information content (AvgIpc) is 2.39. The van der Waals surface area contributed by atoms with Crippen molar-refractivity contribution in [2.45, 2.75) is 31.7 Å². The maximum Gasteiger partial charge on any atom is 0.110 e. The fourth-order valence-electron chi connectivity index (χ4n) is 2.03. The van der Waals surface area contributed by atoms with Crippen molar-refractivity contribution in [2.75, 3.05) is 20.3 Å².